The lowest BCUT2D eigenvalue weighted by Gasteiger charge is -2.29. The van der Waals surface area contributed by atoms with Gasteiger partial charge < -0.3 is 19.7 Å². The second-order valence-electron chi connectivity index (χ2n) is 8.97. The van der Waals surface area contributed by atoms with E-state index in [-0.39, 0.29) is 18.2 Å². The first kappa shape index (κ1) is 22.7. The quantitative estimate of drug-likeness (QED) is 0.701. The molecule has 0 unspecified atom stereocenters. The molecular formula is C25H32N2O4. The highest BCUT2D eigenvalue weighted by Gasteiger charge is 2.38. The van der Waals surface area contributed by atoms with Gasteiger partial charge in [-0.2, -0.15) is 0 Å². The van der Waals surface area contributed by atoms with E-state index in [0.29, 0.717) is 42.8 Å². The third-order valence-corrected chi connectivity index (χ3v) is 5.09. The number of fused-ring (bicyclic) bond motifs is 1. The molecule has 31 heavy (non-hydrogen) atoms. The first-order chi connectivity index (χ1) is 14.7. The van der Waals surface area contributed by atoms with Crippen molar-refractivity contribution in [1.82, 2.24) is 0 Å². The van der Waals surface area contributed by atoms with E-state index in [0.717, 1.165) is 11.3 Å². The van der Waals surface area contributed by atoms with Crippen molar-refractivity contribution in [3.05, 3.63) is 48.0 Å². The minimum absolute atomic E-state index is 0.0258. The highest BCUT2D eigenvalue weighted by Crippen LogP contribution is 2.38. The van der Waals surface area contributed by atoms with Crippen LogP contribution in [0, 0.1) is 11.3 Å². The van der Waals surface area contributed by atoms with Crippen molar-refractivity contribution in [1.29, 1.82) is 0 Å². The molecule has 0 radical (unpaired) electrons. The Bertz CT molecular complexity index is 935. The molecular weight excluding hydrogens is 392 g/mol. The van der Waals surface area contributed by atoms with E-state index in [1.807, 2.05) is 63.2 Å². The van der Waals surface area contributed by atoms with Gasteiger partial charge in [0.15, 0.2) is 0 Å². The zero-order valence-electron chi connectivity index (χ0n) is 19.0. The summed E-state index contributed by atoms with van der Waals surface area (Å²) in [7, 11) is 0. The number of ether oxygens (including phenoxy) is 2. The fraction of sp³-hybridized carbons (Fsp3) is 0.440. The Hall–Kier alpha value is -3.02. The first-order valence-corrected chi connectivity index (χ1v) is 10.8. The van der Waals surface area contributed by atoms with Crippen molar-refractivity contribution >= 4 is 23.2 Å². The van der Waals surface area contributed by atoms with E-state index in [1.54, 1.807) is 4.90 Å². The van der Waals surface area contributed by atoms with E-state index in [1.165, 1.54) is 0 Å². The zero-order chi connectivity index (χ0) is 22.6. The number of anilines is 2. The number of benzene rings is 2. The highest BCUT2D eigenvalue weighted by molar-refractivity contribution is 6.00. The average Bonchev–Trinajstić information content (AvgIpc) is 2.80. The van der Waals surface area contributed by atoms with Gasteiger partial charge in [-0.3, -0.25) is 9.59 Å². The summed E-state index contributed by atoms with van der Waals surface area (Å²) >= 11 is 0. The predicted molar refractivity (Wildman–Crippen MR) is 123 cm³/mol. The second kappa shape index (κ2) is 9.41. The SMILES string of the molecule is CCOc1ccc(CC(=O)Nc2ccc3c(c2)N(CC(C)C)C(=O)C(C)(C)CO3)cc1. The third-order valence-electron chi connectivity index (χ3n) is 5.09. The maximum Gasteiger partial charge on any atom is 0.236 e. The van der Waals surface area contributed by atoms with Crippen LogP contribution < -0.4 is 19.7 Å². The van der Waals surface area contributed by atoms with Gasteiger partial charge in [0.2, 0.25) is 11.8 Å². The predicted octanol–water partition coefficient (Wildman–Crippen LogP) is 4.67. The molecule has 166 valence electrons. The Balaban J connectivity index is 1.78. The molecule has 6 nitrogen and oxygen atoms in total. The van der Waals surface area contributed by atoms with Crippen LogP contribution in [0.2, 0.25) is 0 Å². The van der Waals surface area contributed by atoms with Crippen LogP contribution in [0.5, 0.6) is 11.5 Å². The summed E-state index contributed by atoms with van der Waals surface area (Å²) in [5.74, 6) is 1.64. The Morgan fingerprint density at radius 2 is 1.90 bits per heavy atom. The van der Waals surface area contributed by atoms with Crippen molar-refractivity contribution in [2.45, 2.75) is 41.0 Å². The summed E-state index contributed by atoms with van der Waals surface area (Å²) < 4.78 is 11.4. The smallest absolute Gasteiger partial charge is 0.236 e. The summed E-state index contributed by atoms with van der Waals surface area (Å²) in [5.41, 5.74) is 1.62. The van der Waals surface area contributed by atoms with Crippen LogP contribution in [0.3, 0.4) is 0 Å². The Morgan fingerprint density at radius 3 is 2.55 bits per heavy atom. The lowest BCUT2D eigenvalue weighted by molar-refractivity contribution is -0.127. The number of nitrogens with zero attached hydrogens (tertiary/aromatic N) is 1. The maximum atomic E-state index is 13.2. The van der Waals surface area contributed by atoms with E-state index in [4.69, 9.17) is 9.47 Å². The van der Waals surface area contributed by atoms with Gasteiger partial charge in [0.05, 0.1) is 24.1 Å². The lowest BCUT2D eigenvalue weighted by Crippen LogP contribution is -2.43. The van der Waals surface area contributed by atoms with Crippen molar-refractivity contribution in [2.24, 2.45) is 11.3 Å². The molecule has 3 rings (SSSR count). The van der Waals surface area contributed by atoms with E-state index in [2.05, 4.69) is 19.2 Å². The average molecular weight is 425 g/mol. The highest BCUT2D eigenvalue weighted by atomic mass is 16.5. The summed E-state index contributed by atoms with van der Waals surface area (Å²) in [5, 5.41) is 2.95. The number of amides is 2. The van der Waals surface area contributed by atoms with Crippen LogP contribution in [-0.4, -0.2) is 31.6 Å². The minimum atomic E-state index is -0.620. The fourth-order valence-corrected chi connectivity index (χ4v) is 3.53. The largest absolute Gasteiger partial charge is 0.494 e. The standard InChI is InChI=1S/C25H32N2O4/c1-6-30-20-10-7-18(8-11-20)13-23(28)26-19-9-12-22-21(14-19)27(15-17(2)3)24(29)25(4,5)16-31-22/h7-12,14,17H,6,13,15-16H2,1-5H3,(H,26,28). The monoisotopic (exact) mass is 424 g/mol. The van der Waals surface area contributed by atoms with Crippen LogP contribution in [0.1, 0.15) is 40.2 Å². The van der Waals surface area contributed by atoms with Crippen molar-refractivity contribution < 1.29 is 19.1 Å². The molecule has 0 aliphatic carbocycles. The molecule has 1 aliphatic rings. The second-order valence-corrected chi connectivity index (χ2v) is 8.97. The Kier molecular flexibility index (Phi) is 6.88. The first-order valence-electron chi connectivity index (χ1n) is 10.8. The normalized spacial score (nSPS) is 15.2. The molecule has 0 fully saturated rings. The lowest BCUT2D eigenvalue weighted by atomic mass is 9.92. The van der Waals surface area contributed by atoms with Crippen LogP contribution in [0.25, 0.3) is 0 Å². The molecule has 0 saturated heterocycles. The zero-order valence-corrected chi connectivity index (χ0v) is 19.0. The third kappa shape index (κ3) is 5.57. The minimum Gasteiger partial charge on any atom is -0.494 e. The molecule has 0 atom stereocenters. The number of hydrogen-bond donors (Lipinski definition) is 1. The van der Waals surface area contributed by atoms with Gasteiger partial charge in [0.1, 0.15) is 18.1 Å². The van der Waals surface area contributed by atoms with Gasteiger partial charge in [-0.25, -0.2) is 0 Å². The van der Waals surface area contributed by atoms with E-state index in [9.17, 15) is 9.59 Å². The Labute approximate surface area is 184 Å². The summed E-state index contributed by atoms with van der Waals surface area (Å²) in [6, 6.07) is 13.0. The van der Waals surface area contributed by atoms with E-state index >= 15 is 0 Å². The maximum absolute atomic E-state index is 13.2. The molecule has 0 saturated carbocycles. The van der Waals surface area contributed by atoms with Crippen LogP contribution in [0.15, 0.2) is 42.5 Å². The van der Waals surface area contributed by atoms with Crippen LogP contribution in [0.4, 0.5) is 11.4 Å². The molecule has 0 spiro atoms. The van der Waals surface area contributed by atoms with Gasteiger partial charge in [-0.05, 0) is 62.6 Å². The van der Waals surface area contributed by atoms with Crippen molar-refractivity contribution in [3.63, 3.8) is 0 Å². The van der Waals surface area contributed by atoms with E-state index < -0.39 is 5.41 Å². The number of nitrogens with one attached hydrogen (secondary N) is 1. The van der Waals surface area contributed by atoms with Crippen LogP contribution in [-0.2, 0) is 16.0 Å². The molecule has 0 aromatic heterocycles. The molecule has 1 aliphatic heterocycles. The topological polar surface area (TPSA) is 67.9 Å². The number of carbonyl (C=O) groups excluding carboxylic acids is 2. The molecule has 6 heteroatoms. The van der Waals surface area contributed by atoms with Crippen molar-refractivity contribution in [2.75, 3.05) is 30.0 Å². The Morgan fingerprint density at radius 1 is 1.19 bits per heavy atom. The molecule has 2 aromatic carbocycles. The van der Waals surface area contributed by atoms with Crippen LogP contribution >= 0.6 is 0 Å². The molecule has 0 bridgehead atoms. The number of rotatable bonds is 7. The van der Waals surface area contributed by atoms with Gasteiger partial charge in [-0.15, -0.1) is 0 Å². The van der Waals surface area contributed by atoms with Gasteiger partial charge in [0, 0.05) is 12.2 Å². The molecule has 1 heterocycles. The summed E-state index contributed by atoms with van der Waals surface area (Å²) in [4.78, 5) is 27.6. The fourth-order valence-electron chi connectivity index (χ4n) is 3.53. The van der Waals surface area contributed by atoms with Gasteiger partial charge in [-0.1, -0.05) is 26.0 Å². The molecule has 1 N–H and O–H groups in total. The van der Waals surface area contributed by atoms with Gasteiger partial charge in [0.25, 0.3) is 0 Å². The summed E-state index contributed by atoms with van der Waals surface area (Å²) in [6.45, 7) is 11.4. The summed E-state index contributed by atoms with van der Waals surface area (Å²) in [6.07, 6.45) is 0.252. The van der Waals surface area contributed by atoms with Gasteiger partial charge >= 0.3 is 0 Å². The molecule has 2 aromatic rings. The number of carbonyl (C=O) groups is 2. The van der Waals surface area contributed by atoms with Crippen molar-refractivity contribution in [3.8, 4) is 11.5 Å². The molecule has 2 amide bonds. The number of hydrogen-bond acceptors (Lipinski definition) is 4.